The Morgan fingerprint density at radius 1 is 1.40 bits per heavy atom. The molecule has 0 bridgehead atoms. The molecule has 0 aromatic heterocycles. The normalized spacial score (nSPS) is 12.5. The minimum absolute atomic E-state index is 0.103. The van der Waals surface area contributed by atoms with Gasteiger partial charge in [0, 0.05) is 11.1 Å². The molecule has 0 saturated carbocycles. The highest BCUT2D eigenvalue weighted by atomic mass is 35.5. The Morgan fingerprint density at radius 2 is 2.13 bits per heavy atom. The van der Waals surface area contributed by atoms with Crippen LogP contribution in [0.25, 0.3) is 0 Å². The van der Waals surface area contributed by atoms with Crippen LogP contribution < -0.4 is 10.5 Å². The summed E-state index contributed by atoms with van der Waals surface area (Å²) in [6, 6.07) is 5.19. The molecule has 0 radical (unpaired) electrons. The standard InChI is InChI=1S/C11H15Cl2NO/c1-2-9(5-6-14)15-11-7-8(12)3-4-10(11)13/h3-4,7,9H,2,5-6,14H2,1H3. The lowest BCUT2D eigenvalue weighted by Gasteiger charge is -2.17. The van der Waals surface area contributed by atoms with Gasteiger partial charge in [-0.15, -0.1) is 0 Å². The Labute approximate surface area is 100 Å². The summed E-state index contributed by atoms with van der Waals surface area (Å²) in [5.41, 5.74) is 5.49. The van der Waals surface area contributed by atoms with E-state index in [0.29, 0.717) is 22.3 Å². The molecule has 0 aliphatic carbocycles. The van der Waals surface area contributed by atoms with Crippen LogP contribution in [0, 0.1) is 0 Å². The topological polar surface area (TPSA) is 35.2 Å². The van der Waals surface area contributed by atoms with E-state index in [9.17, 15) is 0 Å². The van der Waals surface area contributed by atoms with E-state index < -0.39 is 0 Å². The molecule has 0 saturated heterocycles. The van der Waals surface area contributed by atoms with Crippen molar-refractivity contribution >= 4 is 23.2 Å². The Hall–Kier alpha value is -0.440. The number of hydrogen-bond donors (Lipinski definition) is 1. The van der Waals surface area contributed by atoms with Crippen molar-refractivity contribution in [2.45, 2.75) is 25.9 Å². The van der Waals surface area contributed by atoms with E-state index in [1.165, 1.54) is 0 Å². The molecule has 2 nitrogen and oxygen atoms in total. The number of hydrogen-bond acceptors (Lipinski definition) is 2. The van der Waals surface area contributed by atoms with Crippen LogP contribution in [0.15, 0.2) is 18.2 Å². The second-order valence-electron chi connectivity index (χ2n) is 3.30. The summed E-state index contributed by atoms with van der Waals surface area (Å²) in [4.78, 5) is 0. The van der Waals surface area contributed by atoms with Gasteiger partial charge in [-0.05, 0) is 31.5 Å². The van der Waals surface area contributed by atoms with Gasteiger partial charge < -0.3 is 10.5 Å². The van der Waals surface area contributed by atoms with Crippen LogP contribution in [0.5, 0.6) is 5.75 Å². The molecule has 1 atom stereocenters. The van der Waals surface area contributed by atoms with Crippen molar-refractivity contribution in [3.05, 3.63) is 28.2 Å². The molecule has 15 heavy (non-hydrogen) atoms. The van der Waals surface area contributed by atoms with Crippen molar-refractivity contribution < 1.29 is 4.74 Å². The average molecular weight is 248 g/mol. The summed E-state index contributed by atoms with van der Waals surface area (Å²) in [6.45, 7) is 2.66. The first-order valence-corrected chi connectivity index (χ1v) is 5.74. The van der Waals surface area contributed by atoms with Gasteiger partial charge in [-0.3, -0.25) is 0 Å². The van der Waals surface area contributed by atoms with Crippen LogP contribution in [0.4, 0.5) is 0 Å². The van der Waals surface area contributed by atoms with Gasteiger partial charge in [0.15, 0.2) is 0 Å². The maximum atomic E-state index is 5.98. The van der Waals surface area contributed by atoms with Gasteiger partial charge in [-0.1, -0.05) is 30.1 Å². The predicted molar refractivity (Wildman–Crippen MR) is 64.8 cm³/mol. The van der Waals surface area contributed by atoms with Crippen LogP contribution in [-0.4, -0.2) is 12.6 Å². The number of benzene rings is 1. The van der Waals surface area contributed by atoms with E-state index in [0.717, 1.165) is 12.8 Å². The third-order valence-corrected chi connectivity index (χ3v) is 2.68. The largest absolute Gasteiger partial charge is 0.489 e. The molecule has 84 valence electrons. The summed E-state index contributed by atoms with van der Waals surface area (Å²) in [5, 5.41) is 1.20. The number of halogens is 2. The smallest absolute Gasteiger partial charge is 0.139 e. The number of ether oxygens (including phenoxy) is 1. The van der Waals surface area contributed by atoms with Gasteiger partial charge in [0.1, 0.15) is 5.75 Å². The Kier molecular flexibility index (Phi) is 5.23. The highest BCUT2D eigenvalue weighted by molar-refractivity contribution is 6.34. The van der Waals surface area contributed by atoms with E-state index >= 15 is 0 Å². The minimum Gasteiger partial charge on any atom is -0.489 e. The lowest BCUT2D eigenvalue weighted by molar-refractivity contribution is 0.189. The van der Waals surface area contributed by atoms with Crippen LogP contribution >= 0.6 is 23.2 Å². The third-order valence-electron chi connectivity index (χ3n) is 2.13. The van der Waals surface area contributed by atoms with Gasteiger partial charge in [0.2, 0.25) is 0 Å². The van der Waals surface area contributed by atoms with Crippen LogP contribution in [0.3, 0.4) is 0 Å². The van der Waals surface area contributed by atoms with E-state index in [4.69, 9.17) is 33.7 Å². The first-order valence-electron chi connectivity index (χ1n) is 4.99. The summed E-state index contributed by atoms with van der Waals surface area (Å²) >= 11 is 11.8. The zero-order valence-corrected chi connectivity index (χ0v) is 10.2. The zero-order valence-electron chi connectivity index (χ0n) is 8.67. The Balaban J connectivity index is 2.73. The molecule has 1 rings (SSSR count). The summed E-state index contributed by atoms with van der Waals surface area (Å²) in [7, 11) is 0. The molecular formula is C11H15Cl2NO. The maximum absolute atomic E-state index is 5.98. The molecular weight excluding hydrogens is 233 g/mol. The number of nitrogens with two attached hydrogens (primary N) is 1. The highest BCUT2D eigenvalue weighted by Crippen LogP contribution is 2.29. The highest BCUT2D eigenvalue weighted by Gasteiger charge is 2.10. The van der Waals surface area contributed by atoms with Crippen LogP contribution in [0.2, 0.25) is 10.0 Å². The molecule has 4 heteroatoms. The van der Waals surface area contributed by atoms with Gasteiger partial charge in [0.25, 0.3) is 0 Å². The lowest BCUT2D eigenvalue weighted by Crippen LogP contribution is -2.19. The van der Waals surface area contributed by atoms with Gasteiger partial charge in [-0.2, -0.15) is 0 Å². The molecule has 0 amide bonds. The second-order valence-corrected chi connectivity index (χ2v) is 4.14. The van der Waals surface area contributed by atoms with E-state index in [2.05, 4.69) is 6.92 Å². The molecule has 0 aliphatic rings. The lowest BCUT2D eigenvalue weighted by atomic mass is 10.2. The molecule has 0 aliphatic heterocycles. The molecule has 1 unspecified atom stereocenters. The third kappa shape index (κ3) is 3.90. The van der Waals surface area contributed by atoms with E-state index in [1.54, 1.807) is 18.2 Å². The van der Waals surface area contributed by atoms with Crippen molar-refractivity contribution in [2.75, 3.05) is 6.54 Å². The molecule has 0 heterocycles. The molecule has 1 aromatic rings. The van der Waals surface area contributed by atoms with Crippen molar-refractivity contribution in [1.29, 1.82) is 0 Å². The average Bonchev–Trinajstić information content (AvgIpc) is 2.22. The van der Waals surface area contributed by atoms with Crippen molar-refractivity contribution in [2.24, 2.45) is 5.73 Å². The van der Waals surface area contributed by atoms with Crippen LogP contribution in [0.1, 0.15) is 19.8 Å². The monoisotopic (exact) mass is 247 g/mol. The van der Waals surface area contributed by atoms with Crippen molar-refractivity contribution in [3.8, 4) is 5.75 Å². The molecule has 1 aromatic carbocycles. The fourth-order valence-corrected chi connectivity index (χ4v) is 1.60. The summed E-state index contributed by atoms with van der Waals surface area (Å²) in [6.07, 6.45) is 1.82. The minimum atomic E-state index is 0.103. The summed E-state index contributed by atoms with van der Waals surface area (Å²) in [5.74, 6) is 0.629. The Morgan fingerprint density at radius 3 is 2.73 bits per heavy atom. The maximum Gasteiger partial charge on any atom is 0.139 e. The quantitative estimate of drug-likeness (QED) is 0.865. The van der Waals surface area contributed by atoms with Gasteiger partial charge in [0.05, 0.1) is 11.1 Å². The first kappa shape index (κ1) is 12.6. The van der Waals surface area contributed by atoms with Crippen molar-refractivity contribution in [3.63, 3.8) is 0 Å². The molecule has 0 fully saturated rings. The summed E-state index contributed by atoms with van der Waals surface area (Å²) < 4.78 is 5.72. The SMILES string of the molecule is CCC(CCN)Oc1cc(Cl)ccc1Cl. The predicted octanol–water partition coefficient (Wildman–Crippen LogP) is 3.50. The zero-order chi connectivity index (χ0) is 11.3. The van der Waals surface area contributed by atoms with E-state index in [-0.39, 0.29) is 6.10 Å². The van der Waals surface area contributed by atoms with Crippen LogP contribution in [-0.2, 0) is 0 Å². The first-order chi connectivity index (χ1) is 7.17. The Bertz CT molecular complexity index is 317. The fraction of sp³-hybridized carbons (Fsp3) is 0.455. The second kappa shape index (κ2) is 6.21. The number of rotatable bonds is 5. The van der Waals surface area contributed by atoms with Gasteiger partial charge in [-0.25, -0.2) is 0 Å². The molecule has 2 N–H and O–H groups in total. The van der Waals surface area contributed by atoms with E-state index in [1.807, 2.05) is 0 Å². The fourth-order valence-electron chi connectivity index (χ4n) is 1.28. The molecule has 0 spiro atoms. The van der Waals surface area contributed by atoms with Gasteiger partial charge >= 0.3 is 0 Å². The van der Waals surface area contributed by atoms with Crippen molar-refractivity contribution in [1.82, 2.24) is 0 Å².